The zero-order chi connectivity index (χ0) is 27.2. The summed E-state index contributed by atoms with van der Waals surface area (Å²) in [5, 5.41) is 3.48. The van der Waals surface area contributed by atoms with Gasteiger partial charge in [-0.05, 0) is 56.5 Å². The first-order valence-corrected chi connectivity index (χ1v) is 13.7. The first kappa shape index (κ1) is 29.9. The van der Waals surface area contributed by atoms with E-state index in [1.807, 2.05) is 19.9 Å². The molecule has 2 rings (SSSR count). The largest absolute Gasteiger partial charge is 0.354 e. The van der Waals surface area contributed by atoms with Gasteiger partial charge in [0.2, 0.25) is 11.8 Å². The van der Waals surface area contributed by atoms with E-state index in [4.69, 9.17) is 23.2 Å². The molecule has 2 aromatic rings. The van der Waals surface area contributed by atoms with E-state index < -0.39 is 28.7 Å². The minimum Gasteiger partial charge on any atom is -0.354 e. The van der Waals surface area contributed by atoms with Gasteiger partial charge in [0.1, 0.15) is 12.6 Å². The van der Waals surface area contributed by atoms with E-state index in [0.717, 1.165) is 20.6 Å². The van der Waals surface area contributed by atoms with E-state index in [9.17, 15) is 18.0 Å². The highest BCUT2D eigenvalue weighted by molar-refractivity contribution is 7.90. The molecular formula is C25H34Cl2N4O4S. The fourth-order valence-electron chi connectivity index (χ4n) is 3.52. The van der Waals surface area contributed by atoms with Gasteiger partial charge in [0.25, 0.3) is 0 Å². The number of rotatable bonds is 11. The van der Waals surface area contributed by atoms with Gasteiger partial charge in [-0.3, -0.25) is 9.59 Å². The van der Waals surface area contributed by atoms with E-state index in [2.05, 4.69) is 5.32 Å². The van der Waals surface area contributed by atoms with Crippen molar-refractivity contribution in [3.8, 4) is 0 Å². The van der Waals surface area contributed by atoms with Gasteiger partial charge in [-0.15, -0.1) is 0 Å². The zero-order valence-electron chi connectivity index (χ0n) is 21.5. The van der Waals surface area contributed by atoms with Gasteiger partial charge < -0.3 is 10.2 Å². The lowest BCUT2D eigenvalue weighted by Gasteiger charge is -2.33. The van der Waals surface area contributed by atoms with Crippen LogP contribution in [0.2, 0.25) is 10.0 Å². The van der Waals surface area contributed by atoms with Crippen molar-refractivity contribution in [1.29, 1.82) is 0 Å². The Labute approximate surface area is 224 Å². The van der Waals surface area contributed by atoms with Crippen molar-refractivity contribution in [3.63, 3.8) is 0 Å². The molecule has 11 heteroatoms. The molecule has 0 spiro atoms. The summed E-state index contributed by atoms with van der Waals surface area (Å²) >= 11 is 12.7. The molecule has 8 nitrogen and oxygen atoms in total. The fourth-order valence-corrected chi connectivity index (χ4v) is 5.15. The van der Waals surface area contributed by atoms with E-state index in [-0.39, 0.29) is 12.5 Å². The molecule has 198 valence electrons. The summed E-state index contributed by atoms with van der Waals surface area (Å²) in [5.41, 5.74) is 2.39. The molecule has 1 atom stereocenters. The molecule has 0 radical (unpaired) electrons. The summed E-state index contributed by atoms with van der Waals surface area (Å²) in [6.45, 7) is 7.00. The average Bonchev–Trinajstić information content (AvgIpc) is 2.81. The average molecular weight is 558 g/mol. The lowest BCUT2D eigenvalue weighted by molar-refractivity contribution is -0.139. The maximum atomic E-state index is 13.8. The number of amides is 2. The van der Waals surface area contributed by atoms with E-state index in [0.29, 0.717) is 33.4 Å². The van der Waals surface area contributed by atoms with Gasteiger partial charge in [-0.25, -0.2) is 4.31 Å². The molecule has 2 aromatic carbocycles. The van der Waals surface area contributed by atoms with Crippen molar-refractivity contribution in [2.45, 2.75) is 46.7 Å². The Hall–Kier alpha value is -2.33. The van der Waals surface area contributed by atoms with Crippen LogP contribution in [0.25, 0.3) is 0 Å². The van der Waals surface area contributed by atoms with Gasteiger partial charge >= 0.3 is 10.2 Å². The summed E-state index contributed by atoms with van der Waals surface area (Å²) in [4.78, 5) is 27.9. The molecule has 0 aliphatic rings. The third kappa shape index (κ3) is 7.12. The number of anilines is 1. The highest BCUT2D eigenvalue weighted by Crippen LogP contribution is 2.28. The predicted octanol–water partition coefficient (Wildman–Crippen LogP) is 4.17. The van der Waals surface area contributed by atoms with Crippen molar-refractivity contribution in [3.05, 3.63) is 63.1 Å². The van der Waals surface area contributed by atoms with Crippen LogP contribution in [0.3, 0.4) is 0 Å². The van der Waals surface area contributed by atoms with Crippen molar-refractivity contribution in [2.75, 3.05) is 31.5 Å². The number of nitrogens with zero attached hydrogens (tertiary/aromatic N) is 3. The molecule has 0 aromatic heterocycles. The van der Waals surface area contributed by atoms with Crippen LogP contribution in [0.15, 0.2) is 36.4 Å². The quantitative estimate of drug-likeness (QED) is 0.449. The second-order valence-electron chi connectivity index (χ2n) is 8.78. The van der Waals surface area contributed by atoms with Gasteiger partial charge in [-0.1, -0.05) is 48.3 Å². The number of hydrogen-bond acceptors (Lipinski definition) is 4. The Bertz CT molecular complexity index is 1180. The number of carbonyl (C=O) groups excluding carboxylic acids is 2. The van der Waals surface area contributed by atoms with Crippen LogP contribution < -0.4 is 9.62 Å². The Morgan fingerprint density at radius 3 is 2.22 bits per heavy atom. The topological polar surface area (TPSA) is 90.0 Å². The maximum Gasteiger partial charge on any atom is 0.304 e. The smallest absolute Gasteiger partial charge is 0.304 e. The SMILES string of the molecule is CCCNC(=O)C(C)N(Cc1c(Cl)cccc1Cl)C(=O)CN(c1cc(C)ccc1C)S(=O)(=O)N(C)C. The molecule has 2 amide bonds. The van der Waals surface area contributed by atoms with Crippen LogP contribution >= 0.6 is 23.2 Å². The number of halogens is 2. The minimum atomic E-state index is -4.04. The Balaban J connectivity index is 2.55. The molecule has 0 aliphatic carbocycles. The van der Waals surface area contributed by atoms with Gasteiger partial charge in [0.05, 0.1) is 5.69 Å². The monoisotopic (exact) mass is 556 g/mol. The van der Waals surface area contributed by atoms with Crippen LogP contribution in [-0.4, -0.2) is 62.7 Å². The normalized spacial score (nSPS) is 12.4. The molecule has 0 aliphatic heterocycles. The molecule has 36 heavy (non-hydrogen) atoms. The van der Waals surface area contributed by atoms with Crippen LogP contribution in [0.1, 0.15) is 37.0 Å². The third-order valence-electron chi connectivity index (χ3n) is 5.76. The minimum absolute atomic E-state index is 0.0687. The first-order valence-electron chi connectivity index (χ1n) is 11.6. The van der Waals surface area contributed by atoms with Gasteiger partial charge in [-0.2, -0.15) is 12.7 Å². The third-order valence-corrected chi connectivity index (χ3v) is 8.27. The number of carbonyl (C=O) groups is 2. The molecule has 1 N–H and O–H groups in total. The van der Waals surface area contributed by atoms with Crippen LogP contribution in [0.4, 0.5) is 5.69 Å². The molecule has 0 bridgehead atoms. The molecule has 0 saturated carbocycles. The summed E-state index contributed by atoms with van der Waals surface area (Å²) in [6, 6.07) is 9.46. The van der Waals surface area contributed by atoms with Crippen LogP contribution in [-0.2, 0) is 26.3 Å². The molecule has 0 heterocycles. The Morgan fingerprint density at radius 1 is 1.06 bits per heavy atom. The van der Waals surface area contributed by atoms with Crippen molar-refractivity contribution in [2.24, 2.45) is 0 Å². The Kier molecular flexibility index (Phi) is 10.6. The van der Waals surface area contributed by atoms with Gasteiger partial charge in [0, 0.05) is 42.8 Å². The predicted molar refractivity (Wildman–Crippen MR) is 146 cm³/mol. The molecule has 1 unspecified atom stereocenters. The highest BCUT2D eigenvalue weighted by Gasteiger charge is 2.33. The van der Waals surface area contributed by atoms with Crippen molar-refractivity contribution < 1.29 is 18.0 Å². The number of aryl methyl sites for hydroxylation is 2. The van der Waals surface area contributed by atoms with E-state index in [1.165, 1.54) is 19.0 Å². The standard InChI is InChI=1S/C25H34Cl2N4O4S/c1-7-13-28-25(33)19(4)30(15-20-21(26)9-8-10-22(20)27)24(32)16-31(36(34,35)29(5)6)23-14-17(2)11-12-18(23)3/h8-12,14,19H,7,13,15-16H2,1-6H3,(H,28,33). The maximum absolute atomic E-state index is 13.8. The first-order chi connectivity index (χ1) is 16.8. The van der Waals surface area contributed by atoms with Crippen molar-refractivity contribution in [1.82, 2.24) is 14.5 Å². The highest BCUT2D eigenvalue weighted by atomic mass is 35.5. The van der Waals surface area contributed by atoms with Crippen LogP contribution in [0.5, 0.6) is 0 Å². The second-order valence-corrected chi connectivity index (χ2v) is 11.7. The van der Waals surface area contributed by atoms with E-state index in [1.54, 1.807) is 44.2 Å². The number of nitrogens with one attached hydrogen (secondary N) is 1. The lowest BCUT2D eigenvalue weighted by Crippen LogP contribution is -2.52. The summed E-state index contributed by atoms with van der Waals surface area (Å²) < 4.78 is 28.8. The Morgan fingerprint density at radius 2 is 1.67 bits per heavy atom. The number of hydrogen-bond donors (Lipinski definition) is 1. The summed E-state index contributed by atoms with van der Waals surface area (Å²) in [6.07, 6.45) is 0.726. The lowest BCUT2D eigenvalue weighted by atomic mass is 10.1. The fraction of sp³-hybridized carbons (Fsp3) is 0.440. The zero-order valence-corrected chi connectivity index (χ0v) is 23.8. The second kappa shape index (κ2) is 12.8. The molecule has 0 saturated heterocycles. The van der Waals surface area contributed by atoms with E-state index >= 15 is 0 Å². The van der Waals surface area contributed by atoms with Gasteiger partial charge in [0.15, 0.2) is 0 Å². The van der Waals surface area contributed by atoms with Crippen LogP contribution in [0, 0.1) is 13.8 Å². The molecule has 0 fully saturated rings. The number of benzene rings is 2. The summed E-state index contributed by atoms with van der Waals surface area (Å²) in [7, 11) is -1.24. The molecular weight excluding hydrogens is 523 g/mol. The van der Waals surface area contributed by atoms with Crippen molar-refractivity contribution >= 4 is 50.9 Å². The summed E-state index contributed by atoms with van der Waals surface area (Å²) in [5.74, 6) is -0.932.